The Morgan fingerprint density at radius 1 is 1.77 bits per heavy atom. The van der Waals surface area contributed by atoms with Crippen LogP contribution in [0.25, 0.3) is 0 Å². The second-order valence-electron chi connectivity index (χ2n) is 2.36. The number of aliphatic hydroxyl groups excluding tert-OH is 1. The third-order valence-corrected chi connectivity index (χ3v) is 2.27. The van der Waals surface area contributed by atoms with Crippen molar-refractivity contribution in [2.45, 2.75) is 11.3 Å². The van der Waals surface area contributed by atoms with Gasteiger partial charge in [0.25, 0.3) is 5.56 Å². The van der Waals surface area contributed by atoms with Crippen LogP contribution >= 0.6 is 11.8 Å². The van der Waals surface area contributed by atoms with Gasteiger partial charge in [0.15, 0.2) is 5.16 Å². The first-order chi connectivity index (χ1) is 6.22. The summed E-state index contributed by atoms with van der Waals surface area (Å²) < 4.78 is 11.8. The second-order valence-corrected chi connectivity index (χ2v) is 3.37. The molecule has 0 amide bonds. The number of aromatic amines is 1. The summed E-state index contributed by atoms with van der Waals surface area (Å²) in [7, 11) is 0. The zero-order chi connectivity index (χ0) is 9.68. The normalized spacial score (nSPS) is 12.8. The molecule has 1 heterocycles. The van der Waals surface area contributed by atoms with Crippen LogP contribution in [0.3, 0.4) is 0 Å². The predicted octanol–water partition coefficient (Wildman–Crippen LogP) is 0.192. The predicted molar refractivity (Wildman–Crippen MR) is 47.6 cm³/mol. The first kappa shape index (κ1) is 10.2. The molecule has 0 radical (unpaired) electrons. The number of thioether (sulfide) groups is 1. The number of H-pyrrole nitrogens is 1. The Labute approximate surface area is 78.2 Å². The van der Waals surface area contributed by atoms with E-state index in [1.807, 2.05) is 0 Å². The summed E-state index contributed by atoms with van der Waals surface area (Å²) in [6.45, 7) is -0.788. The van der Waals surface area contributed by atoms with Crippen molar-refractivity contribution in [2.75, 3.05) is 12.4 Å². The molecule has 0 aliphatic heterocycles. The van der Waals surface area contributed by atoms with E-state index < -0.39 is 12.8 Å². The van der Waals surface area contributed by atoms with Gasteiger partial charge in [0, 0.05) is 18.0 Å². The van der Waals surface area contributed by atoms with Crippen LogP contribution < -0.4 is 5.56 Å². The highest BCUT2D eigenvalue weighted by Crippen LogP contribution is 2.11. The maximum absolute atomic E-state index is 11.8. The molecule has 0 aliphatic carbocycles. The number of aromatic nitrogens is 2. The highest BCUT2D eigenvalue weighted by atomic mass is 32.2. The molecule has 1 atom stereocenters. The van der Waals surface area contributed by atoms with E-state index >= 15 is 0 Å². The van der Waals surface area contributed by atoms with Crippen molar-refractivity contribution < 1.29 is 9.50 Å². The number of rotatable bonds is 4. The fraction of sp³-hybridized carbons (Fsp3) is 0.429. The van der Waals surface area contributed by atoms with E-state index in [1.54, 1.807) is 0 Å². The van der Waals surface area contributed by atoms with Crippen molar-refractivity contribution in [1.29, 1.82) is 0 Å². The molecule has 0 aromatic carbocycles. The number of hydrogen-bond acceptors (Lipinski definition) is 4. The van der Waals surface area contributed by atoms with Crippen molar-refractivity contribution in [1.82, 2.24) is 9.97 Å². The molecule has 0 bridgehead atoms. The molecule has 0 saturated heterocycles. The highest BCUT2D eigenvalue weighted by molar-refractivity contribution is 7.99. The van der Waals surface area contributed by atoms with Crippen molar-refractivity contribution >= 4 is 11.8 Å². The van der Waals surface area contributed by atoms with Crippen molar-refractivity contribution in [2.24, 2.45) is 0 Å². The van der Waals surface area contributed by atoms with Gasteiger partial charge in [-0.3, -0.25) is 4.79 Å². The number of aliphatic hydroxyl groups is 1. The molecule has 4 nitrogen and oxygen atoms in total. The summed E-state index contributed by atoms with van der Waals surface area (Å²) in [5.41, 5.74) is -0.257. The summed E-state index contributed by atoms with van der Waals surface area (Å²) in [5, 5.41) is 9.26. The summed E-state index contributed by atoms with van der Waals surface area (Å²) in [4.78, 5) is 17.0. The average molecular weight is 204 g/mol. The molecular weight excluding hydrogens is 195 g/mol. The van der Waals surface area contributed by atoms with E-state index in [0.29, 0.717) is 5.16 Å². The lowest BCUT2D eigenvalue weighted by Crippen LogP contribution is -2.13. The lowest BCUT2D eigenvalue weighted by Gasteiger charge is -2.03. The molecule has 1 aromatic heterocycles. The SMILES string of the molecule is O=c1ccnc(SCC(O)CF)[nH]1. The molecule has 1 aromatic rings. The average Bonchev–Trinajstić information content (AvgIpc) is 2.14. The van der Waals surface area contributed by atoms with E-state index in [2.05, 4.69) is 9.97 Å². The third-order valence-electron chi connectivity index (χ3n) is 1.24. The van der Waals surface area contributed by atoms with Gasteiger partial charge in [-0.05, 0) is 0 Å². The largest absolute Gasteiger partial charge is 0.390 e. The van der Waals surface area contributed by atoms with Crippen molar-refractivity contribution in [3.05, 3.63) is 22.6 Å². The lowest BCUT2D eigenvalue weighted by molar-refractivity contribution is 0.162. The van der Waals surface area contributed by atoms with Gasteiger partial charge < -0.3 is 10.1 Å². The summed E-state index contributed by atoms with van der Waals surface area (Å²) >= 11 is 1.11. The maximum Gasteiger partial charge on any atom is 0.251 e. The topological polar surface area (TPSA) is 66.0 Å². The van der Waals surface area contributed by atoms with Gasteiger partial charge >= 0.3 is 0 Å². The second kappa shape index (κ2) is 4.98. The number of halogens is 1. The summed E-state index contributed by atoms with van der Waals surface area (Å²) in [5.74, 6) is 0.184. The van der Waals surface area contributed by atoms with Crippen LogP contribution in [0, 0.1) is 0 Å². The smallest absolute Gasteiger partial charge is 0.251 e. The van der Waals surface area contributed by atoms with Gasteiger partial charge in [-0.1, -0.05) is 11.8 Å². The highest BCUT2D eigenvalue weighted by Gasteiger charge is 2.04. The standard InChI is InChI=1S/C7H9FN2O2S/c8-3-5(11)4-13-7-9-2-1-6(12)10-7/h1-2,5,11H,3-4H2,(H,9,10,12). The Morgan fingerprint density at radius 2 is 2.54 bits per heavy atom. The molecule has 0 spiro atoms. The van der Waals surface area contributed by atoms with Crippen LogP contribution in [-0.4, -0.2) is 33.6 Å². The lowest BCUT2D eigenvalue weighted by atomic mass is 10.5. The van der Waals surface area contributed by atoms with Gasteiger partial charge in [0.1, 0.15) is 6.67 Å². The fourth-order valence-electron chi connectivity index (χ4n) is 0.645. The molecule has 1 rings (SSSR count). The number of nitrogens with zero attached hydrogens (tertiary/aromatic N) is 1. The molecule has 6 heteroatoms. The first-order valence-corrected chi connectivity index (χ1v) is 4.63. The molecule has 1 unspecified atom stereocenters. The zero-order valence-electron chi connectivity index (χ0n) is 6.74. The molecule has 2 N–H and O–H groups in total. The van der Waals surface area contributed by atoms with Crippen molar-refractivity contribution in [3.63, 3.8) is 0 Å². The van der Waals surface area contributed by atoms with E-state index in [4.69, 9.17) is 5.11 Å². The van der Waals surface area contributed by atoms with Crippen LogP contribution in [0.1, 0.15) is 0 Å². The maximum atomic E-state index is 11.8. The van der Waals surface area contributed by atoms with Crippen LogP contribution in [0.4, 0.5) is 4.39 Å². The Bertz CT molecular complexity index is 317. The summed E-state index contributed by atoms with van der Waals surface area (Å²) in [6, 6.07) is 1.29. The molecular formula is C7H9FN2O2S. The van der Waals surface area contributed by atoms with Crippen LogP contribution in [0.2, 0.25) is 0 Å². The Morgan fingerprint density at radius 3 is 3.15 bits per heavy atom. The Balaban J connectivity index is 2.50. The monoisotopic (exact) mass is 204 g/mol. The zero-order valence-corrected chi connectivity index (χ0v) is 7.55. The van der Waals surface area contributed by atoms with Crippen molar-refractivity contribution in [3.8, 4) is 0 Å². The molecule has 0 saturated carbocycles. The minimum Gasteiger partial charge on any atom is -0.390 e. The number of hydrogen-bond donors (Lipinski definition) is 2. The van der Waals surface area contributed by atoms with Gasteiger partial charge in [0.05, 0.1) is 6.10 Å². The van der Waals surface area contributed by atoms with Crippen LogP contribution in [0.5, 0.6) is 0 Å². The minimum absolute atomic E-state index is 0.184. The Hall–Kier alpha value is -0.880. The summed E-state index contributed by atoms with van der Waals surface area (Å²) in [6.07, 6.45) is 0.360. The quantitative estimate of drug-likeness (QED) is 0.543. The van der Waals surface area contributed by atoms with E-state index in [0.717, 1.165) is 11.8 Å². The number of nitrogens with one attached hydrogen (secondary N) is 1. The molecule has 0 aliphatic rings. The van der Waals surface area contributed by atoms with Gasteiger partial charge in [-0.15, -0.1) is 0 Å². The minimum atomic E-state index is -1.00. The first-order valence-electron chi connectivity index (χ1n) is 3.64. The van der Waals surface area contributed by atoms with Gasteiger partial charge in [-0.25, -0.2) is 9.37 Å². The van der Waals surface area contributed by atoms with E-state index in [-0.39, 0.29) is 11.3 Å². The van der Waals surface area contributed by atoms with Crippen LogP contribution in [-0.2, 0) is 0 Å². The molecule has 0 fully saturated rings. The number of alkyl halides is 1. The fourth-order valence-corrected chi connectivity index (χ4v) is 1.39. The van der Waals surface area contributed by atoms with E-state index in [9.17, 15) is 9.18 Å². The third kappa shape index (κ3) is 3.56. The van der Waals surface area contributed by atoms with Gasteiger partial charge in [-0.2, -0.15) is 0 Å². The van der Waals surface area contributed by atoms with E-state index in [1.165, 1.54) is 12.3 Å². The van der Waals surface area contributed by atoms with Crippen LogP contribution in [0.15, 0.2) is 22.2 Å². The van der Waals surface area contributed by atoms with Gasteiger partial charge in [0.2, 0.25) is 0 Å². The molecule has 72 valence electrons. The molecule has 13 heavy (non-hydrogen) atoms. The Kier molecular flexibility index (Phi) is 3.91.